The minimum Gasteiger partial charge on any atom is -0.280 e. The normalized spacial score (nSPS) is 11.6. The zero-order valence-electron chi connectivity index (χ0n) is 16.6. The number of anilines is 1. The average molecular weight is 460 g/mol. The number of nitrogens with one attached hydrogen (secondary N) is 3. The molecule has 0 fully saturated rings. The van der Waals surface area contributed by atoms with E-state index in [1.807, 2.05) is 11.8 Å². The van der Waals surface area contributed by atoms with Gasteiger partial charge >= 0.3 is 0 Å². The molecule has 3 rings (SSSR count). The van der Waals surface area contributed by atoms with Crippen molar-refractivity contribution in [1.29, 1.82) is 0 Å². The number of rotatable bonds is 8. The molecule has 8 nitrogen and oxygen atoms in total. The maximum atomic E-state index is 12.5. The van der Waals surface area contributed by atoms with Crippen molar-refractivity contribution in [3.05, 3.63) is 90.0 Å². The number of sulfonamides is 2. The highest BCUT2D eigenvalue weighted by atomic mass is 32.2. The van der Waals surface area contributed by atoms with Gasteiger partial charge in [0.15, 0.2) is 0 Å². The molecule has 3 N–H and O–H groups in total. The van der Waals surface area contributed by atoms with Crippen LogP contribution in [0.2, 0.25) is 0 Å². The first-order chi connectivity index (χ1) is 14.7. The van der Waals surface area contributed by atoms with Crippen LogP contribution in [0.5, 0.6) is 0 Å². The minimum atomic E-state index is -3.90. The summed E-state index contributed by atoms with van der Waals surface area (Å²) in [6, 6.07) is 19.7. The molecular weight excluding hydrogens is 438 g/mol. The summed E-state index contributed by atoms with van der Waals surface area (Å²) in [5, 5.41) is 0. The molecule has 3 aromatic carbocycles. The van der Waals surface area contributed by atoms with Crippen LogP contribution in [0.3, 0.4) is 0 Å². The van der Waals surface area contributed by atoms with Gasteiger partial charge in [-0.25, -0.2) is 16.8 Å². The van der Waals surface area contributed by atoms with Crippen molar-refractivity contribution < 1.29 is 21.6 Å². The van der Waals surface area contributed by atoms with Crippen molar-refractivity contribution >= 4 is 31.6 Å². The number of benzene rings is 3. The van der Waals surface area contributed by atoms with Gasteiger partial charge in [-0.05, 0) is 60.5 Å². The van der Waals surface area contributed by atoms with Crippen LogP contribution < -0.4 is 15.0 Å². The summed E-state index contributed by atoms with van der Waals surface area (Å²) in [4.78, 5) is 14.4. The van der Waals surface area contributed by atoms with Crippen LogP contribution in [0.25, 0.3) is 0 Å². The van der Waals surface area contributed by atoms with E-state index in [4.69, 9.17) is 0 Å². The largest absolute Gasteiger partial charge is 0.280 e. The molecule has 0 aliphatic heterocycles. The molecule has 0 atom stereocenters. The number of carbonyl (C=O) groups is 1. The lowest BCUT2D eigenvalue weighted by Gasteiger charge is -2.10. The molecule has 0 saturated heterocycles. The van der Waals surface area contributed by atoms with Crippen LogP contribution >= 0.6 is 0 Å². The summed E-state index contributed by atoms with van der Waals surface area (Å²) in [5.74, 6) is -0.691. The van der Waals surface area contributed by atoms with E-state index in [0.29, 0.717) is 0 Å². The predicted octanol–water partition coefficient (Wildman–Crippen LogP) is 2.67. The number of aryl methyl sites for hydroxylation is 1. The van der Waals surface area contributed by atoms with Crippen molar-refractivity contribution in [2.45, 2.75) is 23.1 Å². The van der Waals surface area contributed by atoms with E-state index in [-0.39, 0.29) is 21.0 Å². The Morgan fingerprint density at radius 1 is 0.742 bits per heavy atom. The first kappa shape index (κ1) is 22.5. The van der Waals surface area contributed by atoms with E-state index in [1.165, 1.54) is 48.5 Å². The van der Waals surface area contributed by atoms with E-state index in [2.05, 4.69) is 10.1 Å². The minimum absolute atomic E-state index is 0.00650. The highest BCUT2D eigenvalue weighted by molar-refractivity contribution is 7.92. The van der Waals surface area contributed by atoms with Crippen molar-refractivity contribution in [1.82, 2.24) is 10.3 Å². The monoisotopic (exact) mass is 459 g/mol. The standard InChI is InChI=1S/C21H21N3O5S2/c1-2-16-8-14-20(15-9-16)30(26,27)23-18-12-10-17(11-13-18)21(25)22-24-31(28,29)19-6-4-3-5-7-19/h3-15,23-24H,2H2,1H3,(H,22,25). The van der Waals surface area contributed by atoms with Gasteiger partial charge < -0.3 is 0 Å². The van der Waals surface area contributed by atoms with Crippen molar-refractivity contribution in [2.24, 2.45) is 0 Å². The summed E-state index contributed by atoms with van der Waals surface area (Å²) in [7, 11) is -7.68. The van der Waals surface area contributed by atoms with Crippen LogP contribution in [0, 0.1) is 0 Å². The molecule has 0 saturated carbocycles. The molecule has 0 heterocycles. The Hall–Kier alpha value is -3.21. The summed E-state index contributed by atoms with van der Waals surface area (Å²) >= 11 is 0. The maximum absolute atomic E-state index is 12.5. The molecule has 0 radical (unpaired) electrons. The number of carbonyl (C=O) groups excluding carboxylic acids is 1. The second-order valence-corrected chi connectivity index (χ2v) is 9.92. The molecule has 10 heteroatoms. The Kier molecular flexibility index (Phi) is 6.74. The Bertz CT molecular complexity index is 1260. The lowest BCUT2D eigenvalue weighted by Crippen LogP contribution is -2.41. The summed E-state index contributed by atoms with van der Waals surface area (Å²) < 4.78 is 51.7. The zero-order chi connectivity index (χ0) is 22.5. The topological polar surface area (TPSA) is 121 Å². The molecular formula is C21H21N3O5S2. The fourth-order valence-electron chi connectivity index (χ4n) is 2.65. The molecule has 0 unspecified atom stereocenters. The smallest absolute Gasteiger partial charge is 0.266 e. The third-order valence-corrected chi connectivity index (χ3v) is 7.05. The Labute approximate surface area is 181 Å². The summed E-state index contributed by atoms with van der Waals surface area (Å²) in [6.07, 6.45) is 0.804. The first-order valence-corrected chi connectivity index (χ1v) is 12.3. The average Bonchev–Trinajstić information content (AvgIpc) is 2.78. The van der Waals surface area contributed by atoms with E-state index in [9.17, 15) is 21.6 Å². The van der Waals surface area contributed by atoms with E-state index >= 15 is 0 Å². The van der Waals surface area contributed by atoms with Gasteiger partial charge in [-0.1, -0.05) is 37.3 Å². The van der Waals surface area contributed by atoms with Crippen LogP contribution in [-0.4, -0.2) is 22.7 Å². The number of hydrazine groups is 1. The third kappa shape index (κ3) is 5.69. The summed E-state index contributed by atoms with van der Waals surface area (Å²) in [6.45, 7) is 1.98. The lowest BCUT2D eigenvalue weighted by molar-refractivity contribution is 0.0945. The molecule has 3 aromatic rings. The number of hydrogen-bond donors (Lipinski definition) is 3. The quantitative estimate of drug-likeness (QED) is 0.447. The van der Waals surface area contributed by atoms with Crippen LogP contribution in [-0.2, 0) is 26.5 Å². The fourth-order valence-corrected chi connectivity index (χ4v) is 4.57. The number of amides is 1. The van der Waals surface area contributed by atoms with Gasteiger partial charge in [0.25, 0.3) is 26.0 Å². The van der Waals surface area contributed by atoms with Crippen molar-refractivity contribution in [2.75, 3.05) is 4.72 Å². The van der Waals surface area contributed by atoms with Gasteiger partial charge in [-0.3, -0.25) is 14.9 Å². The van der Waals surface area contributed by atoms with Gasteiger partial charge in [0.05, 0.1) is 9.79 Å². The molecule has 0 aromatic heterocycles. The Balaban J connectivity index is 1.64. The highest BCUT2D eigenvalue weighted by Gasteiger charge is 2.16. The zero-order valence-corrected chi connectivity index (χ0v) is 18.2. The van der Waals surface area contributed by atoms with Gasteiger partial charge in [-0.2, -0.15) is 0 Å². The molecule has 0 spiro atoms. The molecule has 0 aliphatic carbocycles. The predicted molar refractivity (Wildman–Crippen MR) is 117 cm³/mol. The Morgan fingerprint density at radius 2 is 1.32 bits per heavy atom. The summed E-state index contributed by atoms with van der Waals surface area (Å²) in [5.41, 5.74) is 3.56. The third-order valence-electron chi connectivity index (χ3n) is 4.39. The first-order valence-electron chi connectivity index (χ1n) is 9.30. The van der Waals surface area contributed by atoms with E-state index < -0.39 is 26.0 Å². The second-order valence-electron chi connectivity index (χ2n) is 6.55. The fraction of sp³-hybridized carbons (Fsp3) is 0.0952. The number of hydrogen-bond acceptors (Lipinski definition) is 5. The SMILES string of the molecule is CCc1ccc(S(=O)(=O)Nc2ccc(C(=O)NNS(=O)(=O)c3ccccc3)cc2)cc1. The molecule has 1 amide bonds. The van der Waals surface area contributed by atoms with E-state index in [1.54, 1.807) is 30.3 Å². The van der Waals surface area contributed by atoms with Crippen molar-refractivity contribution in [3.63, 3.8) is 0 Å². The van der Waals surface area contributed by atoms with Crippen LogP contribution in [0.1, 0.15) is 22.8 Å². The molecule has 0 aliphatic rings. The van der Waals surface area contributed by atoms with Crippen LogP contribution in [0.15, 0.2) is 88.7 Å². The van der Waals surface area contributed by atoms with Gasteiger partial charge in [0, 0.05) is 11.3 Å². The van der Waals surface area contributed by atoms with Gasteiger partial charge in [-0.15, -0.1) is 4.83 Å². The maximum Gasteiger partial charge on any atom is 0.266 e. The van der Waals surface area contributed by atoms with Gasteiger partial charge in [0.2, 0.25) is 0 Å². The lowest BCUT2D eigenvalue weighted by atomic mass is 10.2. The second kappa shape index (κ2) is 9.29. The molecule has 31 heavy (non-hydrogen) atoms. The highest BCUT2D eigenvalue weighted by Crippen LogP contribution is 2.17. The molecule has 0 bridgehead atoms. The van der Waals surface area contributed by atoms with Crippen LogP contribution in [0.4, 0.5) is 5.69 Å². The Morgan fingerprint density at radius 3 is 1.90 bits per heavy atom. The van der Waals surface area contributed by atoms with E-state index in [0.717, 1.165) is 12.0 Å². The molecule has 162 valence electrons. The van der Waals surface area contributed by atoms with Gasteiger partial charge in [0.1, 0.15) is 0 Å². The van der Waals surface area contributed by atoms with Crippen molar-refractivity contribution in [3.8, 4) is 0 Å².